The number of para-hydroxylation sites is 2. The van der Waals surface area contributed by atoms with Crippen molar-refractivity contribution in [2.75, 3.05) is 27.3 Å². The summed E-state index contributed by atoms with van der Waals surface area (Å²) in [6, 6.07) is 13.9. The summed E-state index contributed by atoms with van der Waals surface area (Å²) in [5, 5.41) is 3.86. The summed E-state index contributed by atoms with van der Waals surface area (Å²) in [5.41, 5.74) is 1.30. The second-order valence-electron chi connectivity index (χ2n) is 6.98. The molecule has 1 unspecified atom stereocenters. The molecule has 1 aliphatic rings. The SMILES string of the molecule is COc1ccc(-c2cc(C)no2)cc1S(=O)(=O)N(C)CC1COc2ccccc2O1. The van der Waals surface area contributed by atoms with Gasteiger partial charge in [-0.25, -0.2) is 8.42 Å². The molecule has 1 aliphatic heterocycles. The van der Waals surface area contributed by atoms with Gasteiger partial charge in [-0.1, -0.05) is 17.3 Å². The maximum Gasteiger partial charge on any atom is 0.246 e. The number of ether oxygens (including phenoxy) is 3. The number of hydrogen-bond acceptors (Lipinski definition) is 7. The zero-order valence-corrected chi connectivity index (χ0v) is 17.7. The molecule has 0 spiro atoms. The maximum absolute atomic E-state index is 13.3. The molecule has 0 fully saturated rings. The van der Waals surface area contributed by atoms with Gasteiger partial charge in [0.15, 0.2) is 17.3 Å². The molecule has 2 heterocycles. The van der Waals surface area contributed by atoms with Crippen molar-refractivity contribution in [2.24, 2.45) is 0 Å². The fraction of sp³-hybridized carbons (Fsp3) is 0.286. The van der Waals surface area contributed by atoms with Crippen LogP contribution in [0.1, 0.15) is 5.69 Å². The van der Waals surface area contributed by atoms with Crippen LogP contribution in [-0.2, 0) is 10.0 Å². The number of likely N-dealkylation sites (N-methyl/N-ethyl adjacent to an activating group) is 1. The highest BCUT2D eigenvalue weighted by Gasteiger charge is 2.30. The summed E-state index contributed by atoms with van der Waals surface area (Å²) in [6.07, 6.45) is -0.439. The van der Waals surface area contributed by atoms with Crippen molar-refractivity contribution in [2.45, 2.75) is 17.9 Å². The summed E-state index contributed by atoms with van der Waals surface area (Å²) in [6.45, 7) is 2.17. The van der Waals surface area contributed by atoms with E-state index < -0.39 is 16.1 Å². The molecule has 0 radical (unpaired) electrons. The van der Waals surface area contributed by atoms with Crippen LogP contribution in [0.3, 0.4) is 0 Å². The lowest BCUT2D eigenvalue weighted by Crippen LogP contribution is -2.41. The van der Waals surface area contributed by atoms with Crippen LogP contribution < -0.4 is 14.2 Å². The summed E-state index contributed by atoms with van der Waals surface area (Å²) in [5.74, 6) is 1.97. The van der Waals surface area contributed by atoms with Gasteiger partial charge in [-0.2, -0.15) is 4.31 Å². The van der Waals surface area contributed by atoms with Crippen LogP contribution in [0.5, 0.6) is 17.2 Å². The number of fused-ring (bicyclic) bond motifs is 1. The van der Waals surface area contributed by atoms with Crippen LogP contribution in [0.4, 0.5) is 0 Å². The van der Waals surface area contributed by atoms with E-state index in [4.69, 9.17) is 18.7 Å². The lowest BCUT2D eigenvalue weighted by molar-refractivity contribution is 0.0798. The summed E-state index contributed by atoms with van der Waals surface area (Å²) in [7, 11) is -0.935. The van der Waals surface area contributed by atoms with Crippen LogP contribution >= 0.6 is 0 Å². The van der Waals surface area contributed by atoms with Crippen molar-refractivity contribution in [1.29, 1.82) is 0 Å². The first kappa shape index (κ1) is 20.2. The summed E-state index contributed by atoms with van der Waals surface area (Å²) >= 11 is 0. The number of rotatable bonds is 6. The third-order valence-electron chi connectivity index (χ3n) is 4.79. The number of sulfonamides is 1. The lowest BCUT2D eigenvalue weighted by atomic mass is 10.1. The monoisotopic (exact) mass is 430 g/mol. The van der Waals surface area contributed by atoms with E-state index in [2.05, 4.69) is 5.16 Å². The van der Waals surface area contributed by atoms with E-state index in [0.717, 1.165) is 0 Å². The molecule has 3 aromatic rings. The quantitative estimate of drug-likeness (QED) is 0.593. The third kappa shape index (κ3) is 3.86. The van der Waals surface area contributed by atoms with Gasteiger partial charge in [0.05, 0.1) is 19.3 Å². The molecular formula is C21H22N2O6S. The largest absolute Gasteiger partial charge is 0.495 e. The Labute approximate surface area is 175 Å². The first-order valence-corrected chi connectivity index (χ1v) is 10.8. The van der Waals surface area contributed by atoms with Crippen molar-refractivity contribution >= 4 is 10.0 Å². The van der Waals surface area contributed by atoms with Crippen LogP contribution in [-0.4, -0.2) is 51.3 Å². The Kier molecular flexibility index (Phi) is 5.40. The van der Waals surface area contributed by atoms with Gasteiger partial charge in [0.25, 0.3) is 0 Å². The summed E-state index contributed by atoms with van der Waals surface area (Å²) in [4.78, 5) is 0.0381. The molecule has 2 aromatic carbocycles. The van der Waals surface area contributed by atoms with E-state index in [9.17, 15) is 8.42 Å². The van der Waals surface area contributed by atoms with E-state index >= 15 is 0 Å². The number of nitrogens with zero attached hydrogens (tertiary/aromatic N) is 2. The zero-order valence-electron chi connectivity index (χ0n) is 16.9. The van der Waals surface area contributed by atoms with Gasteiger partial charge < -0.3 is 18.7 Å². The number of methoxy groups -OCH3 is 1. The minimum Gasteiger partial charge on any atom is -0.495 e. The highest BCUT2D eigenvalue weighted by atomic mass is 32.2. The smallest absolute Gasteiger partial charge is 0.246 e. The molecular weight excluding hydrogens is 408 g/mol. The van der Waals surface area contributed by atoms with Gasteiger partial charge in [0.2, 0.25) is 10.0 Å². The standard InChI is InChI=1S/C21H22N2O6S/c1-14-10-20(29-22-14)15-8-9-19(26-3)21(11-15)30(24,25)23(2)12-16-13-27-17-6-4-5-7-18(17)28-16/h4-11,16H,12-13H2,1-3H3. The van der Waals surface area contributed by atoms with Crippen molar-refractivity contribution in [3.05, 3.63) is 54.2 Å². The molecule has 0 aliphatic carbocycles. The van der Waals surface area contributed by atoms with E-state index in [1.165, 1.54) is 24.5 Å². The number of aryl methyl sites for hydroxylation is 1. The van der Waals surface area contributed by atoms with E-state index in [-0.39, 0.29) is 23.8 Å². The van der Waals surface area contributed by atoms with Crippen molar-refractivity contribution in [3.8, 4) is 28.6 Å². The van der Waals surface area contributed by atoms with Crippen molar-refractivity contribution in [3.63, 3.8) is 0 Å². The number of benzene rings is 2. The zero-order chi connectivity index (χ0) is 21.3. The fourth-order valence-electron chi connectivity index (χ4n) is 3.24. The Morgan fingerprint density at radius 2 is 1.93 bits per heavy atom. The third-order valence-corrected chi connectivity index (χ3v) is 6.64. The highest BCUT2D eigenvalue weighted by molar-refractivity contribution is 7.89. The van der Waals surface area contributed by atoms with Gasteiger partial charge in [0, 0.05) is 18.7 Å². The topological polar surface area (TPSA) is 91.1 Å². The molecule has 4 rings (SSSR count). The molecule has 0 N–H and O–H groups in total. The fourth-order valence-corrected chi connectivity index (χ4v) is 4.62. The second-order valence-corrected chi connectivity index (χ2v) is 8.99. The van der Waals surface area contributed by atoms with Crippen LogP contribution in [0, 0.1) is 6.92 Å². The van der Waals surface area contributed by atoms with E-state index in [1.54, 1.807) is 31.2 Å². The molecule has 1 aromatic heterocycles. The van der Waals surface area contributed by atoms with Gasteiger partial charge in [0.1, 0.15) is 23.4 Å². The predicted molar refractivity (Wildman–Crippen MR) is 109 cm³/mol. The molecule has 30 heavy (non-hydrogen) atoms. The minimum absolute atomic E-state index is 0.0381. The Bertz CT molecular complexity index is 1160. The molecule has 0 bridgehead atoms. The van der Waals surface area contributed by atoms with Crippen LogP contribution in [0.25, 0.3) is 11.3 Å². The Balaban J connectivity index is 1.59. The van der Waals surface area contributed by atoms with Gasteiger partial charge >= 0.3 is 0 Å². The Hall–Kier alpha value is -3.04. The van der Waals surface area contributed by atoms with Crippen LogP contribution in [0.15, 0.2) is 57.9 Å². The van der Waals surface area contributed by atoms with E-state index in [0.29, 0.717) is 28.5 Å². The normalized spacial score (nSPS) is 15.9. The van der Waals surface area contributed by atoms with Crippen molar-refractivity contribution < 1.29 is 27.2 Å². The molecule has 8 nitrogen and oxygen atoms in total. The predicted octanol–water partition coefficient (Wildman–Crippen LogP) is 3.12. The molecule has 1 atom stereocenters. The van der Waals surface area contributed by atoms with E-state index in [1.807, 2.05) is 18.2 Å². The minimum atomic E-state index is -3.87. The number of hydrogen-bond donors (Lipinski definition) is 0. The average molecular weight is 430 g/mol. The van der Waals surface area contributed by atoms with Gasteiger partial charge in [-0.3, -0.25) is 0 Å². The summed E-state index contributed by atoms with van der Waals surface area (Å²) < 4.78 is 50.1. The first-order valence-electron chi connectivity index (χ1n) is 9.35. The lowest BCUT2D eigenvalue weighted by Gasteiger charge is -2.29. The van der Waals surface area contributed by atoms with Gasteiger partial charge in [-0.05, 0) is 37.3 Å². The molecule has 0 saturated carbocycles. The van der Waals surface area contributed by atoms with Crippen LogP contribution in [0.2, 0.25) is 0 Å². The maximum atomic E-state index is 13.3. The molecule has 0 amide bonds. The Morgan fingerprint density at radius 1 is 1.17 bits per heavy atom. The molecule has 0 saturated heterocycles. The Morgan fingerprint density at radius 3 is 2.63 bits per heavy atom. The second kappa shape index (κ2) is 8.00. The molecule has 9 heteroatoms. The average Bonchev–Trinajstić information content (AvgIpc) is 3.19. The number of aromatic nitrogens is 1. The first-order chi connectivity index (χ1) is 14.4. The molecule has 158 valence electrons. The van der Waals surface area contributed by atoms with Gasteiger partial charge in [-0.15, -0.1) is 0 Å². The highest BCUT2D eigenvalue weighted by Crippen LogP contribution is 2.34. The van der Waals surface area contributed by atoms with Crippen molar-refractivity contribution in [1.82, 2.24) is 9.46 Å².